The molecular weight excluding hydrogens is 405 g/mol. The van der Waals surface area contributed by atoms with E-state index in [4.69, 9.17) is 0 Å². The third-order valence-electron chi connectivity index (χ3n) is 6.06. The van der Waals surface area contributed by atoms with E-state index in [0.29, 0.717) is 37.2 Å². The number of carbonyl (C=O) groups is 1. The number of aromatic nitrogens is 1. The Labute approximate surface area is 174 Å². The van der Waals surface area contributed by atoms with Gasteiger partial charge in [-0.25, -0.2) is 12.8 Å². The zero-order chi connectivity index (χ0) is 21.2. The molecule has 2 aliphatic heterocycles. The molecule has 1 atom stereocenters. The molecule has 0 spiro atoms. The van der Waals surface area contributed by atoms with Crippen LogP contribution < -0.4 is 4.31 Å². The van der Waals surface area contributed by atoms with Crippen LogP contribution in [0.2, 0.25) is 0 Å². The maximum absolute atomic E-state index is 13.7. The third-order valence-corrected chi connectivity index (χ3v) is 7.33. The number of anilines is 1. The van der Waals surface area contributed by atoms with Gasteiger partial charge >= 0.3 is 0 Å². The number of H-pyrrole nitrogens is 1. The zero-order valence-electron chi connectivity index (χ0n) is 16.8. The van der Waals surface area contributed by atoms with Crippen molar-refractivity contribution >= 4 is 32.5 Å². The van der Waals surface area contributed by atoms with Gasteiger partial charge in [-0.2, -0.15) is 0 Å². The molecule has 8 heteroatoms. The van der Waals surface area contributed by atoms with Gasteiger partial charge in [0.05, 0.1) is 11.9 Å². The number of hydrogen-bond donors (Lipinski definition) is 1. The maximum Gasteiger partial charge on any atom is 0.254 e. The summed E-state index contributed by atoms with van der Waals surface area (Å²) in [4.78, 5) is 18.3. The summed E-state index contributed by atoms with van der Waals surface area (Å²) in [5.74, 6) is -0.393. The number of aromatic amines is 1. The molecule has 0 aliphatic carbocycles. The average molecular weight is 428 g/mol. The number of hydrogen-bond acceptors (Lipinski definition) is 3. The van der Waals surface area contributed by atoms with Gasteiger partial charge in [0.15, 0.2) is 0 Å². The van der Waals surface area contributed by atoms with Crippen LogP contribution in [0.1, 0.15) is 34.1 Å². The van der Waals surface area contributed by atoms with E-state index in [2.05, 4.69) is 4.98 Å². The smallest absolute Gasteiger partial charge is 0.254 e. The monoisotopic (exact) mass is 427 g/mol. The number of nitrogens with one attached hydrogen (secondary N) is 1. The van der Waals surface area contributed by atoms with E-state index in [1.807, 2.05) is 13.0 Å². The first-order valence-electron chi connectivity index (χ1n) is 9.93. The molecule has 0 saturated carbocycles. The summed E-state index contributed by atoms with van der Waals surface area (Å²) in [5.41, 5.74) is 4.95. The number of rotatable bonds is 2. The Morgan fingerprint density at radius 3 is 2.77 bits per heavy atom. The second kappa shape index (κ2) is 6.57. The summed E-state index contributed by atoms with van der Waals surface area (Å²) in [5, 5.41) is 0.814. The SMILES string of the molecule is C[C@H]1Cc2cc(C(=O)N3CCc4[nH]c5ccc(F)cc5c4C3)ccc2N1S(C)(=O)=O. The minimum Gasteiger partial charge on any atom is -0.358 e. The van der Waals surface area contributed by atoms with Crippen molar-refractivity contribution in [3.63, 3.8) is 0 Å². The fraction of sp³-hybridized carbons (Fsp3) is 0.318. The van der Waals surface area contributed by atoms with Gasteiger partial charge in [-0.15, -0.1) is 0 Å². The lowest BCUT2D eigenvalue weighted by atomic mass is 10.0. The van der Waals surface area contributed by atoms with Gasteiger partial charge in [-0.05, 0) is 55.3 Å². The van der Waals surface area contributed by atoms with Crippen LogP contribution in [0, 0.1) is 5.82 Å². The van der Waals surface area contributed by atoms with Crippen LogP contribution in [0.4, 0.5) is 10.1 Å². The van der Waals surface area contributed by atoms with E-state index in [1.165, 1.54) is 22.7 Å². The highest BCUT2D eigenvalue weighted by Crippen LogP contribution is 2.35. The van der Waals surface area contributed by atoms with Crippen molar-refractivity contribution in [2.45, 2.75) is 32.4 Å². The third kappa shape index (κ3) is 2.98. The van der Waals surface area contributed by atoms with E-state index >= 15 is 0 Å². The van der Waals surface area contributed by atoms with Gasteiger partial charge in [-0.3, -0.25) is 9.10 Å². The first-order valence-corrected chi connectivity index (χ1v) is 11.8. The minimum absolute atomic E-state index is 0.0975. The quantitative estimate of drug-likeness (QED) is 0.683. The second-order valence-electron chi connectivity index (χ2n) is 8.20. The largest absolute Gasteiger partial charge is 0.358 e. The fourth-order valence-electron chi connectivity index (χ4n) is 4.78. The Kier molecular flexibility index (Phi) is 4.18. The predicted octanol–water partition coefficient (Wildman–Crippen LogP) is 3.22. The van der Waals surface area contributed by atoms with E-state index in [1.54, 1.807) is 23.1 Å². The number of carbonyl (C=O) groups excluding carboxylic acids is 1. The molecular formula is C22H22FN3O3S. The van der Waals surface area contributed by atoms with Crippen molar-refractivity contribution in [3.05, 3.63) is 64.6 Å². The van der Waals surface area contributed by atoms with Gasteiger partial charge in [-0.1, -0.05) is 0 Å². The van der Waals surface area contributed by atoms with E-state index in [9.17, 15) is 17.6 Å². The van der Waals surface area contributed by atoms with Crippen molar-refractivity contribution in [3.8, 4) is 0 Å². The molecule has 30 heavy (non-hydrogen) atoms. The molecule has 1 N–H and O–H groups in total. The van der Waals surface area contributed by atoms with Crippen LogP contribution in [0.25, 0.3) is 10.9 Å². The molecule has 3 aromatic rings. The van der Waals surface area contributed by atoms with Gasteiger partial charge in [0, 0.05) is 53.3 Å². The van der Waals surface area contributed by atoms with Crippen LogP contribution in [0.15, 0.2) is 36.4 Å². The molecule has 1 aromatic heterocycles. The summed E-state index contributed by atoms with van der Waals surface area (Å²) in [6, 6.07) is 9.73. The zero-order valence-corrected chi connectivity index (χ0v) is 17.6. The lowest BCUT2D eigenvalue weighted by Gasteiger charge is -2.27. The summed E-state index contributed by atoms with van der Waals surface area (Å²) in [6.07, 6.45) is 2.46. The average Bonchev–Trinajstić information content (AvgIpc) is 3.22. The second-order valence-corrected chi connectivity index (χ2v) is 10.1. The summed E-state index contributed by atoms with van der Waals surface area (Å²) in [6.45, 7) is 2.86. The van der Waals surface area contributed by atoms with Gasteiger partial charge in [0.2, 0.25) is 10.0 Å². The predicted molar refractivity (Wildman–Crippen MR) is 114 cm³/mol. The van der Waals surface area contributed by atoms with Crippen LogP contribution in [-0.4, -0.2) is 43.1 Å². The molecule has 0 unspecified atom stereocenters. The van der Waals surface area contributed by atoms with Gasteiger partial charge in [0.1, 0.15) is 5.82 Å². The molecule has 0 bridgehead atoms. The first-order chi connectivity index (χ1) is 14.2. The number of fused-ring (bicyclic) bond motifs is 4. The maximum atomic E-state index is 13.7. The van der Waals surface area contributed by atoms with E-state index in [-0.39, 0.29) is 17.8 Å². The highest BCUT2D eigenvalue weighted by molar-refractivity contribution is 7.92. The Morgan fingerprint density at radius 1 is 1.20 bits per heavy atom. The van der Waals surface area contributed by atoms with Crippen molar-refractivity contribution < 1.29 is 17.6 Å². The Bertz CT molecular complexity index is 1300. The van der Waals surface area contributed by atoms with Crippen molar-refractivity contribution in [1.82, 2.24) is 9.88 Å². The lowest BCUT2D eigenvalue weighted by Crippen LogP contribution is -2.36. The number of amides is 1. The minimum atomic E-state index is -3.37. The summed E-state index contributed by atoms with van der Waals surface area (Å²) in [7, 11) is -3.37. The molecule has 2 aromatic carbocycles. The molecule has 6 nitrogen and oxygen atoms in total. The summed E-state index contributed by atoms with van der Waals surface area (Å²) >= 11 is 0. The molecule has 1 amide bonds. The molecule has 2 aliphatic rings. The lowest BCUT2D eigenvalue weighted by molar-refractivity contribution is 0.0735. The number of nitrogens with zero attached hydrogens (tertiary/aromatic N) is 2. The normalized spacial score (nSPS) is 18.6. The topological polar surface area (TPSA) is 73.5 Å². The van der Waals surface area contributed by atoms with Crippen molar-refractivity contribution in [1.29, 1.82) is 0 Å². The highest BCUT2D eigenvalue weighted by atomic mass is 32.2. The van der Waals surface area contributed by atoms with Crippen molar-refractivity contribution in [2.75, 3.05) is 17.1 Å². The van der Waals surface area contributed by atoms with Crippen LogP contribution >= 0.6 is 0 Å². The molecule has 0 saturated heterocycles. The Hall–Kier alpha value is -2.87. The van der Waals surface area contributed by atoms with Crippen LogP contribution in [0.3, 0.4) is 0 Å². The standard InChI is InChI=1S/C22H22FN3O3S/c1-13-9-15-10-14(3-6-21(15)26(13)30(2,28)29)22(27)25-8-7-20-18(12-25)17-11-16(23)4-5-19(17)24-20/h3-6,10-11,13,24H,7-9,12H2,1-2H3/t13-/m0/s1. The van der Waals surface area contributed by atoms with Crippen LogP contribution in [-0.2, 0) is 29.4 Å². The fourth-order valence-corrected chi connectivity index (χ4v) is 6.05. The first kappa shape index (κ1) is 19.1. The molecule has 156 valence electrons. The van der Waals surface area contributed by atoms with E-state index in [0.717, 1.165) is 27.7 Å². The number of benzene rings is 2. The molecule has 0 fully saturated rings. The number of halogens is 1. The van der Waals surface area contributed by atoms with Crippen molar-refractivity contribution in [2.24, 2.45) is 0 Å². The number of sulfonamides is 1. The molecule has 3 heterocycles. The summed E-state index contributed by atoms with van der Waals surface area (Å²) < 4.78 is 39.4. The Morgan fingerprint density at radius 2 is 2.00 bits per heavy atom. The Balaban J connectivity index is 1.45. The van der Waals surface area contributed by atoms with E-state index < -0.39 is 10.0 Å². The molecule has 5 rings (SSSR count). The van der Waals surface area contributed by atoms with Gasteiger partial charge in [0.25, 0.3) is 5.91 Å². The van der Waals surface area contributed by atoms with Gasteiger partial charge < -0.3 is 9.88 Å². The molecule has 0 radical (unpaired) electrons. The van der Waals surface area contributed by atoms with Crippen LogP contribution in [0.5, 0.6) is 0 Å². The highest BCUT2D eigenvalue weighted by Gasteiger charge is 2.33.